The monoisotopic (exact) mass is 433 g/mol. The number of para-hydroxylation sites is 1. The predicted octanol–water partition coefficient (Wildman–Crippen LogP) is 2.24. The Morgan fingerprint density at radius 1 is 0.966 bits per heavy atom. The second-order valence-electron chi connectivity index (χ2n) is 6.73. The van der Waals surface area contributed by atoms with E-state index in [-0.39, 0.29) is 10.7 Å². The summed E-state index contributed by atoms with van der Waals surface area (Å²) in [6.07, 6.45) is 0.409. The minimum absolute atomic E-state index is 0.136. The van der Waals surface area contributed by atoms with Crippen molar-refractivity contribution in [3.8, 4) is 0 Å². The molecule has 152 valence electrons. The van der Waals surface area contributed by atoms with Gasteiger partial charge >= 0.3 is 0 Å². The fourth-order valence-corrected chi connectivity index (χ4v) is 5.02. The van der Waals surface area contributed by atoms with Gasteiger partial charge in [-0.2, -0.15) is 0 Å². The van der Waals surface area contributed by atoms with Crippen molar-refractivity contribution in [1.82, 2.24) is 10.2 Å². The van der Waals surface area contributed by atoms with Crippen LogP contribution in [0.1, 0.15) is 10.6 Å². The molecule has 7 nitrogen and oxygen atoms in total. The standard InChI is InChI=1S/C19H20FN5O2S2/c20-15-6-2-1-5-14(15)13-18-22-23-19(28-18)25-11-9-24(10-12-25)16-7-3-4-8-17(16)29(21,26)27/h1-8H,9-13H2,(H2,21,26,27). The molecule has 2 aromatic carbocycles. The average molecular weight is 434 g/mol. The quantitative estimate of drug-likeness (QED) is 0.663. The van der Waals surface area contributed by atoms with Gasteiger partial charge in [-0.05, 0) is 23.8 Å². The summed E-state index contributed by atoms with van der Waals surface area (Å²) in [4.78, 5) is 4.26. The molecule has 0 aliphatic carbocycles. The molecule has 0 spiro atoms. The van der Waals surface area contributed by atoms with Gasteiger partial charge in [-0.1, -0.05) is 41.7 Å². The Labute approximate surface area is 172 Å². The molecule has 0 amide bonds. The number of nitrogens with two attached hydrogens (primary N) is 1. The van der Waals surface area contributed by atoms with Crippen LogP contribution in [0.4, 0.5) is 15.2 Å². The molecule has 1 aliphatic heterocycles. The van der Waals surface area contributed by atoms with E-state index in [2.05, 4.69) is 15.1 Å². The number of anilines is 2. The highest BCUT2D eigenvalue weighted by atomic mass is 32.2. The number of sulfonamides is 1. The van der Waals surface area contributed by atoms with E-state index in [0.29, 0.717) is 43.9 Å². The maximum absolute atomic E-state index is 13.8. The highest BCUT2D eigenvalue weighted by molar-refractivity contribution is 7.89. The smallest absolute Gasteiger partial charge is 0.240 e. The van der Waals surface area contributed by atoms with Crippen LogP contribution in [0, 0.1) is 5.82 Å². The fraction of sp³-hybridized carbons (Fsp3) is 0.263. The molecule has 1 aliphatic rings. The largest absolute Gasteiger partial charge is 0.367 e. The van der Waals surface area contributed by atoms with Crippen LogP contribution >= 0.6 is 11.3 Å². The lowest BCUT2D eigenvalue weighted by atomic mass is 10.1. The minimum atomic E-state index is -3.78. The number of primary sulfonamides is 1. The molecule has 10 heteroatoms. The average Bonchev–Trinajstić information content (AvgIpc) is 3.18. The van der Waals surface area contributed by atoms with Gasteiger partial charge in [0.1, 0.15) is 15.7 Å². The molecule has 2 heterocycles. The third-order valence-electron chi connectivity index (χ3n) is 4.82. The zero-order valence-corrected chi connectivity index (χ0v) is 17.2. The number of halogens is 1. The Bertz CT molecular complexity index is 1110. The first-order valence-corrected chi connectivity index (χ1v) is 11.5. The second kappa shape index (κ2) is 8.05. The molecule has 1 saturated heterocycles. The Hall–Kier alpha value is -2.56. The molecule has 29 heavy (non-hydrogen) atoms. The normalized spacial score (nSPS) is 15.0. The summed E-state index contributed by atoms with van der Waals surface area (Å²) in [5.74, 6) is -0.244. The summed E-state index contributed by atoms with van der Waals surface area (Å²) in [6.45, 7) is 2.62. The zero-order valence-electron chi connectivity index (χ0n) is 15.5. The van der Waals surface area contributed by atoms with Gasteiger partial charge in [-0.3, -0.25) is 0 Å². The van der Waals surface area contributed by atoms with Crippen molar-refractivity contribution in [3.05, 3.63) is 64.9 Å². The Morgan fingerprint density at radius 2 is 1.62 bits per heavy atom. The summed E-state index contributed by atoms with van der Waals surface area (Å²) >= 11 is 1.45. The Kier molecular flexibility index (Phi) is 5.48. The van der Waals surface area contributed by atoms with Gasteiger partial charge < -0.3 is 9.80 Å². The van der Waals surface area contributed by atoms with Crippen molar-refractivity contribution in [2.45, 2.75) is 11.3 Å². The molecule has 0 radical (unpaired) electrons. The van der Waals surface area contributed by atoms with Crippen LogP contribution in [-0.2, 0) is 16.4 Å². The fourth-order valence-electron chi connectivity index (χ4n) is 3.35. The number of benzene rings is 2. The number of nitrogens with zero attached hydrogens (tertiary/aromatic N) is 4. The van der Waals surface area contributed by atoms with Gasteiger partial charge in [0.05, 0.1) is 5.69 Å². The number of rotatable bonds is 5. The minimum Gasteiger partial charge on any atom is -0.367 e. The van der Waals surface area contributed by atoms with Crippen LogP contribution in [0.25, 0.3) is 0 Å². The van der Waals surface area contributed by atoms with Crippen molar-refractivity contribution in [2.75, 3.05) is 36.0 Å². The molecule has 2 N–H and O–H groups in total. The van der Waals surface area contributed by atoms with E-state index < -0.39 is 10.0 Å². The number of piperazine rings is 1. The van der Waals surface area contributed by atoms with Crippen LogP contribution in [0.5, 0.6) is 0 Å². The Morgan fingerprint density at radius 3 is 2.34 bits per heavy atom. The topological polar surface area (TPSA) is 92.4 Å². The first kappa shape index (κ1) is 19.7. The third-order valence-corrected chi connectivity index (χ3v) is 6.76. The van der Waals surface area contributed by atoms with Crippen molar-refractivity contribution >= 4 is 32.2 Å². The Balaban J connectivity index is 1.44. The molecule has 0 bridgehead atoms. The molecule has 0 atom stereocenters. The van der Waals surface area contributed by atoms with Crippen molar-refractivity contribution < 1.29 is 12.8 Å². The van der Waals surface area contributed by atoms with Gasteiger partial charge in [0.25, 0.3) is 0 Å². The molecule has 3 aromatic rings. The lowest BCUT2D eigenvalue weighted by Crippen LogP contribution is -2.47. The molecule has 0 saturated carbocycles. The molecule has 1 aromatic heterocycles. The lowest BCUT2D eigenvalue weighted by molar-refractivity contribution is 0.595. The maximum Gasteiger partial charge on any atom is 0.240 e. The molecular weight excluding hydrogens is 413 g/mol. The van der Waals surface area contributed by atoms with Crippen molar-refractivity contribution in [1.29, 1.82) is 0 Å². The maximum atomic E-state index is 13.8. The van der Waals surface area contributed by atoms with E-state index in [1.54, 1.807) is 36.4 Å². The highest BCUT2D eigenvalue weighted by Gasteiger charge is 2.24. The summed E-state index contributed by atoms with van der Waals surface area (Å²) < 4.78 is 37.6. The summed E-state index contributed by atoms with van der Waals surface area (Å²) in [5.41, 5.74) is 1.21. The third kappa shape index (κ3) is 4.39. The SMILES string of the molecule is NS(=O)(=O)c1ccccc1N1CCN(c2nnc(Cc3ccccc3F)s2)CC1. The van der Waals surface area contributed by atoms with Crippen LogP contribution < -0.4 is 14.9 Å². The summed E-state index contributed by atoms with van der Waals surface area (Å²) in [6, 6.07) is 13.4. The number of hydrogen-bond donors (Lipinski definition) is 1. The molecule has 4 rings (SSSR count). The van der Waals surface area contributed by atoms with E-state index in [1.807, 2.05) is 4.90 Å². The van der Waals surface area contributed by atoms with E-state index in [0.717, 1.165) is 10.1 Å². The van der Waals surface area contributed by atoms with E-state index in [1.165, 1.54) is 23.5 Å². The van der Waals surface area contributed by atoms with Crippen LogP contribution in [0.3, 0.4) is 0 Å². The first-order valence-electron chi connectivity index (χ1n) is 9.09. The zero-order chi connectivity index (χ0) is 20.4. The molecule has 0 unspecified atom stereocenters. The molecule has 1 fully saturated rings. The van der Waals surface area contributed by atoms with E-state index in [9.17, 15) is 12.8 Å². The number of aromatic nitrogens is 2. The highest BCUT2D eigenvalue weighted by Crippen LogP contribution is 2.28. The summed E-state index contributed by atoms with van der Waals surface area (Å²) in [5, 5.41) is 15.4. The second-order valence-corrected chi connectivity index (χ2v) is 9.30. The molecular formula is C19H20FN5O2S2. The first-order chi connectivity index (χ1) is 13.9. The van der Waals surface area contributed by atoms with Crippen LogP contribution in [0.15, 0.2) is 53.4 Å². The van der Waals surface area contributed by atoms with Gasteiger partial charge in [-0.25, -0.2) is 17.9 Å². The van der Waals surface area contributed by atoms with E-state index >= 15 is 0 Å². The van der Waals surface area contributed by atoms with Gasteiger partial charge in [0.2, 0.25) is 15.2 Å². The van der Waals surface area contributed by atoms with Crippen molar-refractivity contribution in [3.63, 3.8) is 0 Å². The van der Waals surface area contributed by atoms with Gasteiger partial charge in [0.15, 0.2) is 0 Å². The summed E-state index contributed by atoms with van der Waals surface area (Å²) in [7, 11) is -3.78. The van der Waals surface area contributed by atoms with Crippen LogP contribution in [0.2, 0.25) is 0 Å². The predicted molar refractivity (Wildman–Crippen MR) is 111 cm³/mol. The van der Waals surface area contributed by atoms with Gasteiger partial charge in [0, 0.05) is 32.6 Å². The van der Waals surface area contributed by atoms with E-state index in [4.69, 9.17) is 5.14 Å². The van der Waals surface area contributed by atoms with Crippen LogP contribution in [-0.4, -0.2) is 44.8 Å². The van der Waals surface area contributed by atoms with Gasteiger partial charge in [-0.15, -0.1) is 10.2 Å². The number of hydrogen-bond acceptors (Lipinski definition) is 7. The van der Waals surface area contributed by atoms with Crippen molar-refractivity contribution in [2.24, 2.45) is 5.14 Å². The lowest BCUT2D eigenvalue weighted by Gasteiger charge is -2.36.